The summed E-state index contributed by atoms with van der Waals surface area (Å²) in [6.45, 7) is 9.31. The Morgan fingerprint density at radius 1 is 1.07 bits per heavy atom. The van der Waals surface area contributed by atoms with Crippen molar-refractivity contribution in [2.75, 3.05) is 0 Å². The normalized spacial score (nSPS) is 11.6. The van der Waals surface area contributed by atoms with E-state index in [2.05, 4.69) is 0 Å². The van der Waals surface area contributed by atoms with Gasteiger partial charge >= 0.3 is 5.97 Å². The van der Waals surface area contributed by atoms with E-state index in [0.717, 1.165) is 0 Å². The third-order valence-electron chi connectivity index (χ3n) is 3.04. The zero-order valence-corrected chi connectivity index (χ0v) is 10.4. The molecule has 0 saturated carbocycles. The first-order valence-corrected chi connectivity index (χ1v) is 5.68. The largest absolute Gasteiger partial charge is 0.457 e. The molecule has 15 heavy (non-hydrogen) atoms. The Hall–Kier alpha value is -0.860. The number of carbonyl (C=O) groups excluding carboxylic acids is 2. The van der Waals surface area contributed by atoms with Crippen LogP contribution in [0.1, 0.15) is 53.9 Å². The van der Waals surface area contributed by atoms with Gasteiger partial charge in [0.2, 0.25) is 5.78 Å². The molecule has 0 aliphatic carbocycles. The molecule has 0 heterocycles. The van der Waals surface area contributed by atoms with Gasteiger partial charge in [-0.2, -0.15) is 0 Å². The molecule has 0 rings (SSSR count). The number of rotatable bonds is 6. The second kappa shape index (κ2) is 5.89. The molecule has 0 aliphatic heterocycles. The van der Waals surface area contributed by atoms with Crippen LogP contribution < -0.4 is 0 Å². The number of ketones is 1. The summed E-state index contributed by atoms with van der Waals surface area (Å²) in [6, 6.07) is 0. The Kier molecular flexibility index (Phi) is 5.55. The van der Waals surface area contributed by atoms with Crippen molar-refractivity contribution in [2.24, 2.45) is 5.41 Å². The molecule has 0 unspecified atom stereocenters. The van der Waals surface area contributed by atoms with Gasteiger partial charge in [-0.25, -0.2) is 4.79 Å². The number of Topliss-reactive ketones (excluding diaryl/α,β-unsaturated/α-hetero) is 1. The molecule has 0 fully saturated rings. The molecule has 0 aliphatic rings. The maximum Gasteiger partial charge on any atom is 0.375 e. The van der Waals surface area contributed by atoms with E-state index >= 15 is 0 Å². The molecule has 0 N–H and O–H groups in total. The molecule has 3 heteroatoms. The van der Waals surface area contributed by atoms with Crippen LogP contribution in [0.4, 0.5) is 0 Å². The van der Waals surface area contributed by atoms with Crippen LogP contribution in [0.3, 0.4) is 0 Å². The summed E-state index contributed by atoms with van der Waals surface area (Å²) in [5.74, 6) is -1.06. The average Bonchev–Trinajstić information content (AvgIpc) is 2.20. The van der Waals surface area contributed by atoms with Crippen LogP contribution in [-0.2, 0) is 14.3 Å². The third-order valence-corrected chi connectivity index (χ3v) is 3.04. The van der Waals surface area contributed by atoms with Crippen molar-refractivity contribution in [1.29, 1.82) is 0 Å². The summed E-state index contributed by atoms with van der Waals surface area (Å²) in [4.78, 5) is 23.4. The molecule has 0 atom stereocenters. The molecule has 0 radical (unpaired) electrons. The lowest BCUT2D eigenvalue weighted by atomic mass is 9.76. The summed E-state index contributed by atoms with van der Waals surface area (Å²) in [7, 11) is 0. The van der Waals surface area contributed by atoms with Crippen molar-refractivity contribution in [2.45, 2.75) is 60.0 Å². The highest BCUT2D eigenvalue weighted by molar-refractivity contribution is 6.35. The molecule has 0 aromatic rings. The molecule has 0 aromatic heterocycles. The Balaban J connectivity index is 4.71. The summed E-state index contributed by atoms with van der Waals surface area (Å²) in [6.07, 6.45) is 1.83. The minimum Gasteiger partial charge on any atom is -0.457 e. The highest BCUT2D eigenvalue weighted by Crippen LogP contribution is 2.31. The monoisotopic (exact) mass is 214 g/mol. The fraction of sp³-hybridized carbons (Fsp3) is 0.833. The van der Waals surface area contributed by atoms with Crippen molar-refractivity contribution in [3.05, 3.63) is 0 Å². The lowest BCUT2D eigenvalue weighted by molar-refractivity contribution is -0.161. The van der Waals surface area contributed by atoms with Gasteiger partial charge in [0, 0.05) is 5.41 Å². The zero-order chi connectivity index (χ0) is 12.1. The van der Waals surface area contributed by atoms with Crippen LogP contribution in [0.2, 0.25) is 0 Å². The molecular weight excluding hydrogens is 192 g/mol. The second-order valence-electron chi connectivity index (χ2n) is 4.12. The number of hydrogen-bond acceptors (Lipinski definition) is 3. The van der Waals surface area contributed by atoms with Crippen molar-refractivity contribution in [3.63, 3.8) is 0 Å². The third kappa shape index (κ3) is 3.33. The molecular formula is C12H22O3. The summed E-state index contributed by atoms with van der Waals surface area (Å²) in [5, 5.41) is 0. The van der Waals surface area contributed by atoms with E-state index in [1.165, 1.54) is 0 Å². The quantitative estimate of drug-likeness (QED) is 0.504. The number of ether oxygens (including phenoxy) is 1. The first kappa shape index (κ1) is 14.1. The number of esters is 1. The maximum atomic E-state index is 11.9. The Bertz CT molecular complexity index is 219. The fourth-order valence-corrected chi connectivity index (χ4v) is 1.72. The van der Waals surface area contributed by atoms with Gasteiger partial charge in [0.1, 0.15) is 0 Å². The molecule has 0 bridgehead atoms. The molecule has 3 nitrogen and oxygen atoms in total. The predicted octanol–water partition coefficient (Wildman–Crippen LogP) is 2.72. The van der Waals surface area contributed by atoms with E-state index in [4.69, 9.17) is 4.74 Å². The van der Waals surface area contributed by atoms with Gasteiger partial charge in [0.15, 0.2) is 0 Å². The van der Waals surface area contributed by atoms with Crippen molar-refractivity contribution >= 4 is 11.8 Å². The second-order valence-corrected chi connectivity index (χ2v) is 4.12. The highest BCUT2D eigenvalue weighted by atomic mass is 16.5. The predicted molar refractivity (Wildman–Crippen MR) is 59.5 cm³/mol. The van der Waals surface area contributed by atoms with E-state index in [9.17, 15) is 9.59 Å². The van der Waals surface area contributed by atoms with Crippen LogP contribution in [0.5, 0.6) is 0 Å². The first-order chi connectivity index (χ1) is 6.93. The average molecular weight is 214 g/mol. The van der Waals surface area contributed by atoms with Crippen LogP contribution in [0, 0.1) is 5.41 Å². The Morgan fingerprint density at radius 3 is 1.73 bits per heavy atom. The van der Waals surface area contributed by atoms with Crippen LogP contribution >= 0.6 is 0 Å². The van der Waals surface area contributed by atoms with E-state index in [-0.39, 0.29) is 11.9 Å². The maximum absolute atomic E-state index is 11.9. The van der Waals surface area contributed by atoms with Gasteiger partial charge < -0.3 is 4.74 Å². The smallest absolute Gasteiger partial charge is 0.375 e. The van der Waals surface area contributed by atoms with E-state index < -0.39 is 11.4 Å². The zero-order valence-electron chi connectivity index (χ0n) is 10.4. The molecule has 0 spiro atoms. The van der Waals surface area contributed by atoms with Crippen molar-refractivity contribution in [3.8, 4) is 0 Å². The van der Waals surface area contributed by atoms with Gasteiger partial charge in [0.05, 0.1) is 6.10 Å². The summed E-state index contributed by atoms with van der Waals surface area (Å²) >= 11 is 0. The highest BCUT2D eigenvalue weighted by Gasteiger charge is 2.38. The van der Waals surface area contributed by atoms with Gasteiger partial charge in [-0.05, 0) is 33.1 Å². The number of hydrogen-bond donors (Lipinski definition) is 0. The topological polar surface area (TPSA) is 43.4 Å². The Labute approximate surface area is 92.2 Å². The lowest BCUT2D eigenvalue weighted by Crippen LogP contribution is -2.37. The van der Waals surface area contributed by atoms with Crippen molar-refractivity contribution in [1.82, 2.24) is 0 Å². The summed E-state index contributed by atoms with van der Waals surface area (Å²) in [5.41, 5.74) is -0.522. The van der Waals surface area contributed by atoms with Gasteiger partial charge in [0.25, 0.3) is 0 Å². The van der Waals surface area contributed by atoms with E-state index in [1.54, 1.807) is 13.8 Å². The molecule has 0 amide bonds. The molecule has 0 saturated heterocycles. The molecule has 0 aromatic carbocycles. The van der Waals surface area contributed by atoms with Crippen LogP contribution in [-0.4, -0.2) is 17.9 Å². The van der Waals surface area contributed by atoms with Crippen molar-refractivity contribution < 1.29 is 14.3 Å². The minimum atomic E-state index is -0.685. The summed E-state index contributed by atoms with van der Waals surface area (Å²) < 4.78 is 4.94. The number of carbonyl (C=O) groups is 2. The lowest BCUT2D eigenvalue weighted by Gasteiger charge is -2.27. The molecule has 88 valence electrons. The van der Waals surface area contributed by atoms with E-state index in [0.29, 0.717) is 19.3 Å². The van der Waals surface area contributed by atoms with E-state index in [1.807, 2.05) is 20.8 Å². The van der Waals surface area contributed by atoms with Gasteiger partial charge in [-0.1, -0.05) is 20.8 Å². The minimum absolute atomic E-state index is 0.232. The van der Waals surface area contributed by atoms with Crippen LogP contribution in [0.25, 0.3) is 0 Å². The SMILES string of the molecule is CCC(CC)(CC)C(=O)C(=O)OC(C)C. The standard InChI is InChI=1S/C12H22O3/c1-6-12(7-2,8-3)10(13)11(14)15-9(4)5/h9H,6-8H2,1-5H3. The van der Waals surface area contributed by atoms with Gasteiger partial charge in [-0.15, -0.1) is 0 Å². The fourth-order valence-electron chi connectivity index (χ4n) is 1.72. The van der Waals surface area contributed by atoms with Crippen LogP contribution in [0.15, 0.2) is 0 Å². The Morgan fingerprint density at radius 2 is 1.47 bits per heavy atom. The van der Waals surface area contributed by atoms with Gasteiger partial charge in [-0.3, -0.25) is 4.79 Å². The first-order valence-electron chi connectivity index (χ1n) is 5.68.